The summed E-state index contributed by atoms with van der Waals surface area (Å²) in [6, 6.07) is 9.02. The maximum Gasteiger partial charge on any atom is 0.0955 e. The summed E-state index contributed by atoms with van der Waals surface area (Å²) < 4.78 is 5.31. The normalized spacial score (nSPS) is 13.8. The summed E-state index contributed by atoms with van der Waals surface area (Å²) in [6.07, 6.45) is 16.4. The van der Waals surface area contributed by atoms with Crippen molar-refractivity contribution in [3.63, 3.8) is 0 Å². The van der Waals surface area contributed by atoms with Crippen LogP contribution in [0, 0.1) is 0 Å². The van der Waals surface area contributed by atoms with Crippen LogP contribution >= 0.6 is 10.0 Å². The lowest BCUT2D eigenvalue weighted by Crippen LogP contribution is -1.93. The van der Waals surface area contributed by atoms with Crippen molar-refractivity contribution in [2.45, 2.75) is 31.1 Å². The van der Waals surface area contributed by atoms with Crippen LogP contribution in [0.25, 0.3) is 0 Å². The van der Waals surface area contributed by atoms with Gasteiger partial charge in [0.15, 0.2) is 0 Å². The summed E-state index contributed by atoms with van der Waals surface area (Å²) in [5, 5.41) is 0. The Bertz CT molecular complexity index is 449. The highest BCUT2D eigenvalue weighted by atomic mass is 32.3. The minimum atomic E-state index is -0.610. The topological polar surface area (TPSA) is 9.23 Å². The predicted molar refractivity (Wildman–Crippen MR) is 92.9 cm³/mol. The van der Waals surface area contributed by atoms with Gasteiger partial charge in [-0.15, -0.1) is 0 Å². The van der Waals surface area contributed by atoms with E-state index in [0.717, 1.165) is 25.0 Å². The van der Waals surface area contributed by atoms with Gasteiger partial charge in [-0.05, 0) is 60.3 Å². The van der Waals surface area contributed by atoms with Gasteiger partial charge < -0.3 is 4.74 Å². The quantitative estimate of drug-likeness (QED) is 0.497. The molecule has 0 saturated heterocycles. The van der Waals surface area contributed by atoms with Crippen molar-refractivity contribution in [3.8, 4) is 0 Å². The van der Waals surface area contributed by atoms with Gasteiger partial charge in [-0.1, -0.05) is 31.2 Å². The highest BCUT2D eigenvalue weighted by molar-refractivity contribution is 8.32. The van der Waals surface area contributed by atoms with Gasteiger partial charge >= 0.3 is 0 Å². The van der Waals surface area contributed by atoms with E-state index in [1.54, 1.807) is 7.11 Å². The second-order valence-electron chi connectivity index (χ2n) is 5.70. The van der Waals surface area contributed by atoms with Crippen LogP contribution in [0.5, 0.6) is 0 Å². The van der Waals surface area contributed by atoms with E-state index >= 15 is 0 Å². The molecule has 0 saturated carbocycles. The molecule has 0 aromatic heterocycles. The Labute approximate surface area is 126 Å². The van der Waals surface area contributed by atoms with Crippen molar-refractivity contribution in [1.82, 2.24) is 0 Å². The molecule has 0 atom stereocenters. The third-order valence-corrected chi connectivity index (χ3v) is 4.85. The van der Waals surface area contributed by atoms with Gasteiger partial charge in [0, 0.05) is 6.42 Å². The zero-order valence-electron chi connectivity index (χ0n) is 13.5. The van der Waals surface area contributed by atoms with Crippen LogP contribution in [0.1, 0.15) is 25.3 Å². The number of hydrogen-bond donors (Lipinski definition) is 0. The fourth-order valence-corrected chi connectivity index (χ4v) is 2.87. The van der Waals surface area contributed by atoms with Crippen LogP contribution in [-0.4, -0.2) is 25.9 Å². The first-order valence-electron chi connectivity index (χ1n) is 7.14. The van der Waals surface area contributed by atoms with Crippen LogP contribution in [0.4, 0.5) is 0 Å². The Morgan fingerprint density at radius 3 is 2.30 bits per heavy atom. The molecule has 0 N–H and O–H groups in total. The van der Waals surface area contributed by atoms with Crippen molar-refractivity contribution in [2.75, 3.05) is 25.9 Å². The zero-order valence-corrected chi connectivity index (χ0v) is 14.3. The minimum absolute atomic E-state index is 0.610. The van der Waals surface area contributed by atoms with Crippen LogP contribution in [0.15, 0.2) is 53.1 Å². The molecule has 1 aromatic rings. The van der Waals surface area contributed by atoms with Gasteiger partial charge in [-0.3, -0.25) is 0 Å². The van der Waals surface area contributed by atoms with Gasteiger partial charge in [-0.2, -0.15) is 0 Å². The molecule has 0 spiro atoms. The molecular formula is C18H28OS. The van der Waals surface area contributed by atoms with E-state index in [-0.39, 0.29) is 0 Å². The highest BCUT2D eigenvalue weighted by Gasteiger charge is 2.06. The zero-order chi connectivity index (χ0) is 15.0. The summed E-state index contributed by atoms with van der Waals surface area (Å²) in [4.78, 5) is 1.47. The van der Waals surface area contributed by atoms with E-state index in [1.165, 1.54) is 10.5 Å². The summed E-state index contributed by atoms with van der Waals surface area (Å²) in [6.45, 7) is 2.16. The minimum Gasteiger partial charge on any atom is -0.501 e. The average Bonchev–Trinajstić information content (AvgIpc) is 2.42. The van der Waals surface area contributed by atoms with Crippen molar-refractivity contribution >= 4 is 10.0 Å². The van der Waals surface area contributed by atoms with E-state index in [1.807, 2.05) is 0 Å². The molecule has 0 aliphatic heterocycles. The lowest BCUT2D eigenvalue weighted by atomic mass is 10.1. The van der Waals surface area contributed by atoms with Crippen LogP contribution < -0.4 is 0 Å². The van der Waals surface area contributed by atoms with Crippen molar-refractivity contribution in [1.29, 1.82) is 0 Å². The maximum atomic E-state index is 5.31. The molecule has 0 aliphatic carbocycles. The summed E-state index contributed by atoms with van der Waals surface area (Å²) in [5.41, 5.74) is 1.36. The molecule has 0 amide bonds. The van der Waals surface area contributed by atoms with Crippen molar-refractivity contribution in [2.24, 2.45) is 0 Å². The van der Waals surface area contributed by atoms with Crippen LogP contribution in [0.3, 0.4) is 0 Å². The van der Waals surface area contributed by atoms with E-state index < -0.39 is 10.0 Å². The molecule has 0 fully saturated rings. The number of rotatable bonds is 7. The lowest BCUT2D eigenvalue weighted by Gasteiger charge is -2.25. The second kappa shape index (κ2) is 8.21. The first-order valence-corrected chi connectivity index (χ1v) is 10.00. The highest BCUT2D eigenvalue weighted by Crippen LogP contribution is 2.44. The van der Waals surface area contributed by atoms with E-state index in [9.17, 15) is 0 Å². The summed E-state index contributed by atoms with van der Waals surface area (Å²) >= 11 is 0. The molecular weight excluding hydrogens is 264 g/mol. The molecule has 112 valence electrons. The Kier molecular flexibility index (Phi) is 6.94. The van der Waals surface area contributed by atoms with Gasteiger partial charge in [0.25, 0.3) is 0 Å². The average molecular weight is 292 g/mol. The van der Waals surface area contributed by atoms with Crippen molar-refractivity contribution < 1.29 is 4.74 Å². The van der Waals surface area contributed by atoms with E-state index in [4.69, 9.17) is 4.74 Å². The smallest absolute Gasteiger partial charge is 0.0955 e. The molecule has 0 unspecified atom stereocenters. The molecule has 0 bridgehead atoms. The monoisotopic (exact) mass is 292 g/mol. The Hall–Kier alpha value is -1.15. The third kappa shape index (κ3) is 5.87. The van der Waals surface area contributed by atoms with E-state index in [2.05, 4.69) is 68.2 Å². The SMILES string of the molecule is CCC/C(=C\C=CCc1ccc(S(C)(C)C)cc1)OC. The molecule has 0 heterocycles. The fraction of sp³-hybridized carbons (Fsp3) is 0.444. The third-order valence-electron chi connectivity index (χ3n) is 3.16. The predicted octanol–water partition coefficient (Wildman–Crippen LogP) is 5.17. The first kappa shape index (κ1) is 16.9. The second-order valence-corrected chi connectivity index (χ2v) is 9.85. The largest absolute Gasteiger partial charge is 0.501 e. The lowest BCUT2D eigenvalue weighted by molar-refractivity contribution is 0.276. The summed E-state index contributed by atoms with van der Waals surface area (Å²) in [5.74, 6) is 1.05. The molecule has 20 heavy (non-hydrogen) atoms. The van der Waals surface area contributed by atoms with Gasteiger partial charge in [0.1, 0.15) is 0 Å². The van der Waals surface area contributed by atoms with Crippen LogP contribution in [-0.2, 0) is 11.2 Å². The molecule has 1 aromatic carbocycles. The van der Waals surface area contributed by atoms with Crippen molar-refractivity contribution in [3.05, 3.63) is 53.8 Å². The molecule has 2 heteroatoms. The number of allylic oxidation sites excluding steroid dienone is 4. The number of ether oxygens (including phenoxy) is 1. The molecule has 0 radical (unpaired) electrons. The van der Waals surface area contributed by atoms with E-state index in [0.29, 0.717) is 0 Å². The number of methoxy groups -OCH3 is 1. The summed E-state index contributed by atoms with van der Waals surface area (Å²) in [7, 11) is 1.13. The van der Waals surface area contributed by atoms with Crippen LogP contribution in [0.2, 0.25) is 0 Å². The Balaban J connectivity index is 2.58. The van der Waals surface area contributed by atoms with Gasteiger partial charge in [-0.25, -0.2) is 10.0 Å². The fourth-order valence-electron chi connectivity index (χ4n) is 1.91. The molecule has 1 rings (SSSR count). The first-order chi connectivity index (χ1) is 9.47. The van der Waals surface area contributed by atoms with Gasteiger partial charge in [0.2, 0.25) is 0 Å². The maximum absolute atomic E-state index is 5.31. The molecule has 1 nitrogen and oxygen atoms in total. The number of hydrogen-bond acceptors (Lipinski definition) is 1. The Morgan fingerprint density at radius 1 is 1.15 bits per heavy atom. The number of benzene rings is 1. The Morgan fingerprint density at radius 2 is 1.80 bits per heavy atom. The standard InChI is InChI=1S/C18H28OS/c1-6-9-17(19-2)11-8-7-10-16-12-14-18(15-13-16)20(3,4)5/h7-8,11-15H,6,9-10H2,1-5H3/b8-7?,17-11+. The van der Waals surface area contributed by atoms with Gasteiger partial charge in [0.05, 0.1) is 12.9 Å². The molecule has 0 aliphatic rings.